The molecule has 0 aromatic heterocycles. The Morgan fingerprint density at radius 1 is 1.16 bits per heavy atom. The quantitative estimate of drug-likeness (QED) is 0.857. The van der Waals surface area contributed by atoms with Crippen molar-refractivity contribution in [3.05, 3.63) is 29.8 Å². The second kappa shape index (κ2) is 5.49. The van der Waals surface area contributed by atoms with Crippen molar-refractivity contribution in [2.75, 3.05) is 12.3 Å². The summed E-state index contributed by atoms with van der Waals surface area (Å²) in [5.41, 5.74) is 2.12. The van der Waals surface area contributed by atoms with E-state index in [-0.39, 0.29) is 5.54 Å². The minimum absolute atomic E-state index is 0.208. The Kier molecular flexibility index (Phi) is 4.32. The molecule has 1 nitrogen and oxygen atoms in total. The Morgan fingerprint density at radius 2 is 1.84 bits per heavy atom. The smallest absolute Gasteiger partial charge is 0.0107 e. The summed E-state index contributed by atoms with van der Waals surface area (Å²) in [6, 6.07) is 8.91. The molecule has 1 aliphatic rings. The third kappa shape index (κ3) is 4.25. The summed E-state index contributed by atoms with van der Waals surface area (Å²) in [5.74, 6) is 1.97. The first kappa shape index (κ1) is 14.9. The van der Waals surface area contributed by atoms with Gasteiger partial charge in [0.25, 0.3) is 0 Å². The van der Waals surface area contributed by atoms with E-state index in [1.54, 1.807) is 5.56 Å². The van der Waals surface area contributed by atoms with Gasteiger partial charge in [0.15, 0.2) is 0 Å². The fraction of sp³-hybridized carbons (Fsp3) is 0.647. The molecule has 0 radical (unpaired) electrons. The van der Waals surface area contributed by atoms with Crippen LogP contribution in [0.3, 0.4) is 0 Å². The van der Waals surface area contributed by atoms with Gasteiger partial charge in [0.1, 0.15) is 0 Å². The van der Waals surface area contributed by atoms with Gasteiger partial charge in [-0.2, -0.15) is 0 Å². The molecule has 1 aliphatic heterocycles. The molecule has 0 saturated heterocycles. The lowest BCUT2D eigenvalue weighted by atomic mass is 9.80. The van der Waals surface area contributed by atoms with Crippen LogP contribution in [0.5, 0.6) is 0 Å². The number of hydrogen-bond acceptors (Lipinski definition) is 2. The molecule has 0 spiro atoms. The maximum atomic E-state index is 3.65. The van der Waals surface area contributed by atoms with Gasteiger partial charge in [-0.3, -0.25) is 0 Å². The Hall–Kier alpha value is -0.470. The van der Waals surface area contributed by atoms with Gasteiger partial charge < -0.3 is 5.32 Å². The third-order valence-electron chi connectivity index (χ3n) is 3.70. The molecular weight excluding hydrogens is 250 g/mol. The van der Waals surface area contributed by atoms with Crippen LogP contribution < -0.4 is 5.32 Å². The highest BCUT2D eigenvalue weighted by atomic mass is 32.2. The summed E-state index contributed by atoms with van der Waals surface area (Å²) in [6.07, 6.45) is 1.26. The first-order valence-corrected chi connectivity index (χ1v) is 8.22. The minimum Gasteiger partial charge on any atom is -0.312 e. The number of nitrogens with one attached hydrogen (secondary N) is 1. The number of benzene rings is 1. The summed E-state index contributed by atoms with van der Waals surface area (Å²) < 4.78 is 0. The zero-order chi connectivity index (χ0) is 14.1. The van der Waals surface area contributed by atoms with Crippen LogP contribution in [0.2, 0.25) is 0 Å². The van der Waals surface area contributed by atoms with Crippen molar-refractivity contribution in [2.45, 2.75) is 57.4 Å². The van der Waals surface area contributed by atoms with Gasteiger partial charge in [-0.15, -0.1) is 11.8 Å². The van der Waals surface area contributed by atoms with E-state index in [1.807, 2.05) is 11.8 Å². The molecule has 1 heterocycles. The highest BCUT2D eigenvalue weighted by molar-refractivity contribution is 7.99. The summed E-state index contributed by atoms with van der Waals surface area (Å²) in [4.78, 5) is 1.49. The standard InChI is InChI=1S/C17H27NS/c1-16(2,3)18-12-17(4,5)10-13-11-19-15-9-7-6-8-14(13)15/h6-9,13,18H,10-12H2,1-5H3. The first-order chi connectivity index (χ1) is 8.77. The normalized spacial score (nSPS) is 19.5. The molecule has 0 aliphatic carbocycles. The molecule has 2 rings (SSSR count). The lowest BCUT2D eigenvalue weighted by Crippen LogP contribution is -2.42. The van der Waals surface area contributed by atoms with E-state index in [0.29, 0.717) is 5.41 Å². The van der Waals surface area contributed by atoms with Crippen LogP contribution in [-0.2, 0) is 0 Å². The second-order valence-electron chi connectivity index (χ2n) is 7.52. The van der Waals surface area contributed by atoms with Crippen molar-refractivity contribution in [2.24, 2.45) is 5.41 Å². The Labute approximate surface area is 122 Å². The van der Waals surface area contributed by atoms with Crippen LogP contribution in [0.25, 0.3) is 0 Å². The minimum atomic E-state index is 0.208. The number of rotatable bonds is 4. The van der Waals surface area contributed by atoms with E-state index in [1.165, 1.54) is 17.1 Å². The Morgan fingerprint density at radius 3 is 2.53 bits per heavy atom. The summed E-state index contributed by atoms with van der Waals surface area (Å²) in [6.45, 7) is 12.6. The molecule has 0 bridgehead atoms. The maximum Gasteiger partial charge on any atom is 0.0107 e. The van der Waals surface area contributed by atoms with Gasteiger partial charge >= 0.3 is 0 Å². The highest BCUT2D eigenvalue weighted by Crippen LogP contribution is 2.44. The average Bonchev–Trinajstić information content (AvgIpc) is 2.69. The predicted molar refractivity (Wildman–Crippen MR) is 86.1 cm³/mol. The van der Waals surface area contributed by atoms with Gasteiger partial charge in [0, 0.05) is 22.7 Å². The average molecular weight is 277 g/mol. The summed E-state index contributed by atoms with van der Waals surface area (Å²) in [5, 5.41) is 3.65. The van der Waals surface area contributed by atoms with Gasteiger partial charge in [0.05, 0.1) is 0 Å². The molecule has 1 unspecified atom stereocenters. The fourth-order valence-electron chi connectivity index (χ4n) is 2.64. The van der Waals surface area contributed by atoms with Crippen molar-refractivity contribution in [1.29, 1.82) is 0 Å². The number of hydrogen-bond donors (Lipinski definition) is 1. The zero-order valence-electron chi connectivity index (χ0n) is 12.9. The van der Waals surface area contributed by atoms with Crippen molar-refractivity contribution in [3.63, 3.8) is 0 Å². The van der Waals surface area contributed by atoms with Crippen LogP contribution in [-0.4, -0.2) is 17.8 Å². The van der Waals surface area contributed by atoms with Crippen LogP contribution in [0.1, 0.15) is 52.5 Å². The van der Waals surface area contributed by atoms with Gasteiger partial charge in [0.2, 0.25) is 0 Å². The molecule has 0 amide bonds. The second-order valence-corrected chi connectivity index (χ2v) is 8.58. The Bertz CT molecular complexity index is 431. The van der Waals surface area contributed by atoms with E-state index in [4.69, 9.17) is 0 Å². The largest absolute Gasteiger partial charge is 0.312 e. The topological polar surface area (TPSA) is 12.0 Å². The number of thioether (sulfide) groups is 1. The maximum absolute atomic E-state index is 3.65. The van der Waals surface area contributed by atoms with E-state index in [9.17, 15) is 0 Å². The zero-order valence-corrected chi connectivity index (χ0v) is 13.7. The van der Waals surface area contributed by atoms with Crippen LogP contribution in [0.15, 0.2) is 29.2 Å². The lowest BCUT2D eigenvalue weighted by Gasteiger charge is -2.32. The fourth-order valence-corrected chi connectivity index (χ4v) is 3.90. The van der Waals surface area contributed by atoms with Crippen molar-refractivity contribution in [3.8, 4) is 0 Å². The van der Waals surface area contributed by atoms with Gasteiger partial charge in [-0.25, -0.2) is 0 Å². The van der Waals surface area contributed by atoms with Crippen molar-refractivity contribution >= 4 is 11.8 Å². The van der Waals surface area contributed by atoms with Crippen LogP contribution >= 0.6 is 11.8 Å². The van der Waals surface area contributed by atoms with E-state index < -0.39 is 0 Å². The number of fused-ring (bicyclic) bond motifs is 1. The van der Waals surface area contributed by atoms with Crippen molar-refractivity contribution < 1.29 is 0 Å². The predicted octanol–water partition coefficient (Wildman–Crippen LogP) is 4.68. The monoisotopic (exact) mass is 277 g/mol. The molecule has 1 atom stereocenters. The molecule has 106 valence electrons. The molecular formula is C17H27NS. The third-order valence-corrected chi connectivity index (χ3v) is 4.95. The Balaban J connectivity index is 1.98. The SMILES string of the molecule is CC(C)(CNC(C)(C)C)CC1CSc2ccccc21. The van der Waals surface area contributed by atoms with Gasteiger partial charge in [-0.1, -0.05) is 32.0 Å². The van der Waals surface area contributed by atoms with Crippen LogP contribution in [0.4, 0.5) is 0 Å². The summed E-state index contributed by atoms with van der Waals surface area (Å²) in [7, 11) is 0. The van der Waals surface area contributed by atoms with Crippen LogP contribution in [0, 0.1) is 5.41 Å². The molecule has 19 heavy (non-hydrogen) atoms. The molecule has 0 saturated carbocycles. The molecule has 1 aromatic carbocycles. The first-order valence-electron chi connectivity index (χ1n) is 7.24. The molecule has 2 heteroatoms. The molecule has 1 N–H and O–H groups in total. The van der Waals surface area contributed by atoms with E-state index in [2.05, 4.69) is 64.2 Å². The summed E-state index contributed by atoms with van der Waals surface area (Å²) >= 11 is 2.02. The lowest BCUT2D eigenvalue weighted by molar-refractivity contribution is 0.260. The van der Waals surface area contributed by atoms with E-state index >= 15 is 0 Å². The molecule has 1 aromatic rings. The highest BCUT2D eigenvalue weighted by Gasteiger charge is 2.30. The van der Waals surface area contributed by atoms with Gasteiger partial charge in [-0.05, 0) is 50.2 Å². The van der Waals surface area contributed by atoms with E-state index in [0.717, 1.165) is 12.5 Å². The molecule has 0 fully saturated rings. The van der Waals surface area contributed by atoms with Crippen molar-refractivity contribution in [1.82, 2.24) is 5.32 Å².